The van der Waals surface area contributed by atoms with Gasteiger partial charge in [0, 0.05) is 62.1 Å². The number of piperidine rings is 1. The molecular formula is C35H45N9O3S. The molecule has 48 heavy (non-hydrogen) atoms. The largest absolute Gasteiger partial charge is 0.494 e. The van der Waals surface area contributed by atoms with Crippen LogP contribution >= 0.6 is 0 Å². The number of hydrogen-bond acceptors (Lipinski definition) is 11. The monoisotopic (exact) mass is 671 g/mol. The first kappa shape index (κ1) is 33.4. The maximum Gasteiger partial charge on any atom is 0.232 e. The van der Waals surface area contributed by atoms with Crippen molar-refractivity contribution >= 4 is 61.6 Å². The molecule has 0 radical (unpaired) electrons. The van der Waals surface area contributed by atoms with E-state index in [2.05, 4.69) is 75.1 Å². The number of nitrogens with one attached hydrogen (secondary N) is 2. The quantitative estimate of drug-likeness (QED) is 0.200. The number of aryl methyl sites for hydroxylation is 1. The van der Waals surface area contributed by atoms with Crippen LogP contribution in [0.1, 0.15) is 43.7 Å². The maximum atomic E-state index is 12.7. The smallest absolute Gasteiger partial charge is 0.232 e. The van der Waals surface area contributed by atoms with Gasteiger partial charge in [-0.15, -0.1) is 0 Å². The number of nitrogens with zero attached hydrogens (tertiary/aromatic N) is 7. The molecule has 1 saturated carbocycles. The number of rotatable bonds is 11. The van der Waals surface area contributed by atoms with Crippen LogP contribution in [0.25, 0.3) is 17.1 Å². The highest BCUT2D eigenvalue weighted by molar-refractivity contribution is 7.92. The summed E-state index contributed by atoms with van der Waals surface area (Å²) < 4.78 is 32.4. The van der Waals surface area contributed by atoms with Crippen molar-refractivity contribution < 1.29 is 13.2 Å². The lowest BCUT2D eigenvalue weighted by molar-refractivity contribution is 0.00488. The molecule has 2 aromatic carbocycles. The molecule has 1 aliphatic heterocycles. The molecule has 2 fully saturated rings. The average Bonchev–Trinajstić information content (AvgIpc) is 3.06. The summed E-state index contributed by atoms with van der Waals surface area (Å²) in [6.45, 7) is 8.19. The van der Waals surface area contributed by atoms with Crippen LogP contribution in [0.15, 0.2) is 49.4 Å². The lowest BCUT2D eigenvalue weighted by Crippen LogP contribution is -2.53. The highest BCUT2D eigenvalue weighted by Crippen LogP contribution is 2.51. The van der Waals surface area contributed by atoms with Gasteiger partial charge in [-0.05, 0) is 75.4 Å². The highest BCUT2D eigenvalue weighted by Gasteiger charge is 2.46. The SMILES string of the molecule is C=Cc1cnc(Nc2cc(CC)c(N3CCC4(CC3)CC(N(C)C)C4)cc2OC)nc1Nc1ccc2nccnc2c1N(C)S(C)(=O)=O. The van der Waals surface area contributed by atoms with Crippen LogP contribution in [-0.4, -0.2) is 86.9 Å². The van der Waals surface area contributed by atoms with Gasteiger partial charge in [-0.2, -0.15) is 4.98 Å². The van der Waals surface area contributed by atoms with E-state index < -0.39 is 10.0 Å². The first-order chi connectivity index (χ1) is 22.9. The number of anilines is 6. The van der Waals surface area contributed by atoms with E-state index >= 15 is 0 Å². The Labute approximate surface area is 283 Å². The molecule has 0 atom stereocenters. The molecular weight excluding hydrogens is 627 g/mol. The first-order valence-electron chi connectivity index (χ1n) is 16.3. The third kappa shape index (κ3) is 6.48. The van der Waals surface area contributed by atoms with Crippen LogP contribution in [-0.2, 0) is 16.4 Å². The van der Waals surface area contributed by atoms with Gasteiger partial charge in [-0.3, -0.25) is 14.3 Å². The van der Waals surface area contributed by atoms with Crippen LogP contribution in [0, 0.1) is 5.41 Å². The number of fused-ring (bicyclic) bond motifs is 1. The van der Waals surface area contributed by atoms with Crippen molar-refractivity contribution in [2.24, 2.45) is 5.41 Å². The Balaban J connectivity index is 1.28. The van der Waals surface area contributed by atoms with Gasteiger partial charge in [0.15, 0.2) is 0 Å². The van der Waals surface area contributed by atoms with E-state index in [1.165, 1.54) is 54.5 Å². The summed E-state index contributed by atoms with van der Waals surface area (Å²) in [5.74, 6) is 1.49. The maximum absolute atomic E-state index is 12.7. The number of ether oxygens (including phenoxy) is 1. The zero-order chi connectivity index (χ0) is 34.2. The molecule has 2 aromatic heterocycles. The highest BCUT2D eigenvalue weighted by atomic mass is 32.2. The second-order valence-electron chi connectivity index (χ2n) is 13.1. The van der Waals surface area contributed by atoms with E-state index in [1.54, 1.807) is 37.7 Å². The fourth-order valence-electron chi connectivity index (χ4n) is 6.95. The van der Waals surface area contributed by atoms with E-state index in [9.17, 15) is 8.42 Å². The molecule has 254 valence electrons. The lowest BCUT2D eigenvalue weighted by Gasteiger charge is -2.54. The summed E-state index contributed by atoms with van der Waals surface area (Å²) in [6, 6.07) is 8.52. The molecule has 0 bridgehead atoms. The van der Waals surface area contributed by atoms with Crippen molar-refractivity contribution in [2.75, 3.05) is 67.4 Å². The van der Waals surface area contributed by atoms with Gasteiger partial charge in [0.05, 0.1) is 30.3 Å². The van der Waals surface area contributed by atoms with Crippen LogP contribution in [0.4, 0.5) is 34.5 Å². The fraction of sp³-hybridized carbons (Fsp3) is 0.429. The minimum Gasteiger partial charge on any atom is -0.494 e. The van der Waals surface area contributed by atoms with Crippen molar-refractivity contribution in [3.8, 4) is 5.75 Å². The van der Waals surface area contributed by atoms with Gasteiger partial charge in [-0.1, -0.05) is 19.6 Å². The second-order valence-corrected chi connectivity index (χ2v) is 15.1. The van der Waals surface area contributed by atoms with E-state index in [-0.39, 0.29) is 0 Å². The number of sulfonamides is 1. The molecule has 3 heterocycles. The molecule has 2 N–H and O–H groups in total. The van der Waals surface area contributed by atoms with E-state index in [0.717, 1.165) is 31.5 Å². The van der Waals surface area contributed by atoms with Crippen molar-refractivity contribution in [1.82, 2.24) is 24.8 Å². The number of aromatic nitrogens is 4. The predicted molar refractivity (Wildman–Crippen MR) is 194 cm³/mol. The Hall–Kier alpha value is -4.49. The molecule has 12 nitrogen and oxygen atoms in total. The lowest BCUT2D eigenvalue weighted by atomic mass is 9.60. The molecule has 0 unspecified atom stereocenters. The van der Waals surface area contributed by atoms with Gasteiger partial charge in [0.2, 0.25) is 16.0 Å². The molecule has 2 aliphatic rings. The van der Waals surface area contributed by atoms with Crippen LogP contribution < -0.4 is 24.6 Å². The van der Waals surface area contributed by atoms with Crippen LogP contribution in [0.5, 0.6) is 5.75 Å². The average molecular weight is 672 g/mol. The summed E-state index contributed by atoms with van der Waals surface area (Å²) in [7, 11) is 3.92. The van der Waals surface area contributed by atoms with E-state index in [0.29, 0.717) is 56.9 Å². The summed E-state index contributed by atoms with van der Waals surface area (Å²) in [6.07, 6.45) is 13.5. The van der Waals surface area contributed by atoms with Crippen LogP contribution in [0.3, 0.4) is 0 Å². The Bertz CT molecular complexity index is 1930. The molecule has 1 saturated heterocycles. The molecule has 13 heteroatoms. The summed E-state index contributed by atoms with van der Waals surface area (Å²) >= 11 is 0. The molecule has 4 aromatic rings. The Morgan fingerprint density at radius 2 is 1.79 bits per heavy atom. The molecule has 1 spiro atoms. The standard InChI is InChI=1S/C35H45N9O3S/c1-8-23-18-28(30(47-6)19-29(23)44-16-12-35(13-17-44)20-25(21-35)42(3)4)40-34-38-22-24(9-2)33(41-34)39-27-11-10-26-31(37-15-14-36-26)32(27)43(5)48(7,45)46/h9-11,14-15,18-19,22,25H,2,8,12-13,16-17,20-21H2,1,3-7H3,(H2,38,39,40,41). The van der Waals surface area contributed by atoms with Crippen molar-refractivity contribution in [2.45, 2.75) is 45.1 Å². The second kappa shape index (κ2) is 13.2. The zero-order valence-corrected chi connectivity index (χ0v) is 29.4. The van der Waals surface area contributed by atoms with Gasteiger partial charge >= 0.3 is 0 Å². The van der Waals surface area contributed by atoms with E-state index in [4.69, 9.17) is 9.72 Å². The van der Waals surface area contributed by atoms with Crippen molar-refractivity contribution in [3.63, 3.8) is 0 Å². The van der Waals surface area contributed by atoms with Gasteiger partial charge < -0.3 is 25.2 Å². The number of methoxy groups -OCH3 is 1. The topological polar surface area (TPSA) is 129 Å². The molecule has 1 aliphatic carbocycles. The predicted octanol–water partition coefficient (Wildman–Crippen LogP) is 5.83. The minimum atomic E-state index is -3.62. The minimum absolute atomic E-state index is 0.343. The number of hydrogen-bond donors (Lipinski definition) is 2. The molecule has 6 rings (SSSR count). The zero-order valence-electron chi connectivity index (χ0n) is 28.6. The van der Waals surface area contributed by atoms with Crippen molar-refractivity contribution in [3.05, 3.63) is 60.6 Å². The number of benzene rings is 2. The third-order valence-electron chi connectivity index (χ3n) is 9.98. The van der Waals surface area contributed by atoms with Crippen molar-refractivity contribution in [1.29, 1.82) is 0 Å². The normalized spacial score (nSPS) is 16.2. The third-order valence-corrected chi connectivity index (χ3v) is 11.2. The van der Waals surface area contributed by atoms with Gasteiger partial charge in [0.25, 0.3) is 0 Å². The van der Waals surface area contributed by atoms with Gasteiger partial charge in [0.1, 0.15) is 22.8 Å². The van der Waals surface area contributed by atoms with Gasteiger partial charge in [-0.25, -0.2) is 13.4 Å². The molecule has 0 amide bonds. The Kier molecular flexibility index (Phi) is 9.18. The van der Waals surface area contributed by atoms with Crippen LogP contribution in [0.2, 0.25) is 0 Å². The Morgan fingerprint density at radius 3 is 2.44 bits per heavy atom. The fourth-order valence-corrected chi connectivity index (χ4v) is 7.47. The van der Waals surface area contributed by atoms with E-state index in [1.807, 2.05) is 0 Å². The Morgan fingerprint density at radius 1 is 1.06 bits per heavy atom. The summed E-state index contributed by atoms with van der Waals surface area (Å²) in [5.41, 5.74) is 6.17. The summed E-state index contributed by atoms with van der Waals surface area (Å²) in [5, 5.41) is 6.69. The first-order valence-corrected chi connectivity index (χ1v) is 18.1. The summed E-state index contributed by atoms with van der Waals surface area (Å²) in [4.78, 5) is 23.0.